The Morgan fingerprint density at radius 3 is 1.73 bits per heavy atom. The first-order valence-electron chi connectivity index (χ1n) is 9.57. The molecule has 8 nitrogen and oxygen atoms in total. The Labute approximate surface area is 189 Å². The molecule has 0 aliphatic carbocycles. The number of benzene rings is 3. The largest absolute Gasteiger partial charge is 0.722 e. The molecule has 10 heteroatoms. The molecular weight excluding hydrogens is 453 g/mol. The van der Waals surface area contributed by atoms with Gasteiger partial charge in [-0.15, -0.1) is 3.89 Å². The summed E-state index contributed by atoms with van der Waals surface area (Å²) in [5.74, 6) is 0.513. The molecule has 1 heterocycles. The van der Waals surface area contributed by atoms with Crippen molar-refractivity contribution in [2.45, 2.75) is 6.54 Å². The van der Waals surface area contributed by atoms with Crippen molar-refractivity contribution >= 4 is 38.3 Å². The third-order valence-electron chi connectivity index (χ3n) is 4.99. The fourth-order valence-electron chi connectivity index (χ4n) is 3.76. The van der Waals surface area contributed by atoms with Gasteiger partial charge in [-0.25, -0.2) is 13.2 Å². The zero-order chi connectivity index (χ0) is 24.2. The molecule has 0 unspecified atom stereocenters. The SMILES string of the molecule is COc1cccc(OC)c1C[n+]1c2ccccc2c(C(=O)O)c2ccccc21.O=S(=O)([O-])F. The first-order valence-corrected chi connectivity index (χ1v) is 10.9. The summed E-state index contributed by atoms with van der Waals surface area (Å²) >= 11 is 0. The van der Waals surface area contributed by atoms with Gasteiger partial charge in [-0.1, -0.05) is 30.3 Å². The van der Waals surface area contributed by atoms with E-state index in [9.17, 15) is 13.8 Å². The molecular formula is C23H20FNO7S. The van der Waals surface area contributed by atoms with Crippen molar-refractivity contribution in [3.63, 3.8) is 0 Å². The zero-order valence-electron chi connectivity index (χ0n) is 17.7. The molecule has 0 spiro atoms. The summed E-state index contributed by atoms with van der Waals surface area (Å²) < 4.78 is 48.6. The number of nitrogens with zero attached hydrogens (tertiary/aromatic N) is 1. The van der Waals surface area contributed by atoms with Crippen molar-refractivity contribution < 1.29 is 40.8 Å². The van der Waals surface area contributed by atoms with Gasteiger partial charge in [0, 0.05) is 12.1 Å². The minimum atomic E-state index is -5.42. The van der Waals surface area contributed by atoms with Crippen LogP contribution in [0.4, 0.5) is 3.89 Å². The van der Waals surface area contributed by atoms with E-state index in [1.165, 1.54) is 0 Å². The molecule has 0 radical (unpaired) electrons. The van der Waals surface area contributed by atoms with Crippen LogP contribution in [0.2, 0.25) is 0 Å². The van der Waals surface area contributed by atoms with Crippen LogP contribution in [0.5, 0.6) is 11.5 Å². The van der Waals surface area contributed by atoms with Crippen LogP contribution in [0.3, 0.4) is 0 Å². The van der Waals surface area contributed by atoms with Crippen LogP contribution in [0.15, 0.2) is 66.7 Å². The number of carbonyl (C=O) groups is 1. The standard InChI is InChI=1S/C23H19NO4.FHO3S/c1-27-20-12-7-13-21(28-2)17(20)14-24-18-10-5-3-8-15(18)22(23(25)26)16-9-4-6-11-19(16)24;1-5(2,3)4/h3-13H,14H2,1-2H3;(H,2,3,4). The van der Waals surface area contributed by atoms with Crippen molar-refractivity contribution in [3.8, 4) is 11.5 Å². The quantitative estimate of drug-likeness (QED) is 0.204. The summed E-state index contributed by atoms with van der Waals surface area (Å²) in [5.41, 5.74) is 2.89. The molecule has 0 atom stereocenters. The maximum atomic E-state index is 12.1. The fraction of sp³-hybridized carbons (Fsp3) is 0.130. The van der Waals surface area contributed by atoms with Gasteiger partial charge >= 0.3 is 5.97 Å². The second kappa shape index (κ2) is 9.80. The van der Waals surface area contributed by atoms with E-state index in [2.05, 4.69) is 4.57 Å². The van der Waals surface area contributed by atoms with E-state index >= 15 is 0 Å². The number of hydrogen-bond acceptors (Lipinski definition) is 6. The molecule has 0 aliphatic rings. The van der Waals surface area contributed by atoms with Gasteiger partial charge in [-0.3, -0.25) is 0 Å². The molecule has 1 N–H and O–H groups in total. The molecule has 0 saturated carbocycles. The van der Waals surface area contributed by atoms with Gasteiger partial charge in [0.25, 0.3) is 10.5 Å². The minimum absolute atomic E-state index is 0.314. The maximum Gasteiger partial charge on any atom is 0.337 e. The number of aromatic nitrogens is 1. The number of pyridine rings is 1. The van der Waals surface area contributed by atoms with E-state index in [4.69, 9.17) is 22.4 Å². The summed E-state index contributed by atoms with van der Waals surface area (Å²) in [4.78, 5) is 12.1. The van der Waals surface area contributed by atoms with Gasteiger partial charge in [0.2, 0.25) is 11.0 Å². The van der Waals surface area contributed by atoms with E-state index in [0.717, 1.165) is 28.1 Å². The molecule has 0 amide bonds. The fourth-order valence-corrected chi connectivity index (χ4v) is 3.76. The molecule has 172 valence electrons. The highest BCUT2D eigenvalue weighted by Gasteiger charge is 2.25. The Morgan fingerprint density at radius 1 is 0.909 bits per heavy atom. The smallest absolute Gasteiger partial charge is 0.337 e. The summed E-state index contributed by atoms with van der Waals surface area (Å²) in [7, 11) is -2.15. The number of methoxy groups -OCH3 is 2. The normalized spacial score (nSPS) is 11.0. The summed E-state index contributed by atoms with van der Waals surface area (Å²) in [5, 5.41) is 11.3. The summed E-state index contributed by atoms with van der Waals surface area (Å²) in [6.07, 6.45) is 0. The lowest BCUT2D eigenvalue weighted by molar-refractivity contribution is -0.636. The topological polar surface area (TPSA) is 117 Å². The van der Waals surface area contributed by atoms with Gasteiger partial charge in [0.05, 0.1) is 30.6 Å². The third kappa shape index (κ3) is 5.36. The van der Waals surface area contributed by atoms with Gasteiger partial charge < -0.3 is 19.1 Å². The van der Waals surface area contributed by atoms with Crippen molar-refractivity contribution in [1.29, 1.82) is 0 Å². The number of ether oxygens (including phenoxy) is 2. The number of rotatable bonds is 5. The monoisotopic (exact) mass is 473 g/mol. The highest BCUT2D eigenvalue weighted by atomic mass is 32.3. The average molecular weight is 473 g/mol. The summed E-state index contributed by atoms with van der Waals surface area (Å²) in [6, 6.07) is 20.8. The van der Waals surface area contributed by atoms with E-state index in [1.807, 2.05) is 66.7 Å². The third-order valence-corrected chi connectivity index (χ3v) is 4.99. The average Bonchev–Trinajstić information content (AvgIpc) is 2.77. The zero-order valence-corrected chi connectivity index (χ0v) is 18.5. The first kappa shape index (κ1) is 23.9. The van der Waals surface area contributed by atoms with Gasteiger partial charge in [-0.2, -0.15) is 4.57 Å². The number of para-hydroxylation sites is 2. The van der Waals surface area contributed by atoms with Gasteiger partial charge in [0.1, 0.15) is 17.1 Å². The number of fused-ring (bicyclic) bond motifs is 2. The Bertz CT molecular complexity index is 1350. The van der Waals surface area contributed by atoms with Crippen LogP contribution in [0, 0.1) is 0 Å². The molecule has 1 aromatic heterocycles. The lowest BCUT2D eigenvalue weighted by Gasteiger charge is -2.13. The number of carboxylic acids is 1. The van der Waals surface area contributed by atoms with Crippen LogP contribution in [0.25, 0.3) is 21.8 Å². The molecule has 33 heavy (non-hydrogen) atoms. The first-order chi connectivity index (χ1) is 15.7. The number of hydrogen-bond donors (Lipinski definition) is 1. The van der Waals surface area contributed by atoms with Crippen molar-refractivity contribution in [3.05, 3.63) is 77.9 Å². The van der Waals surface area contributed by atoms with E-state index in [-0.39, 0.29) is 0 Å². The van der Waals surface area contributed by atoms with Gasteiger partial charge in [0.15, 0.2) is 6.54 Å². The Kier molecular flexibility index (Phi) is 7.10. The number of carboxylic acid groups (broad SMARTS) is 1. The lowest BCUT2D eigenvalue weighted by Crippen LogP contribution is -2.37. The number of halogens is 1. The van der Waals surface area contributed by atoms with Crippen molar-refractivity contribution in [2.75, 3.05) is 14.2 Å². The van der Waals surface area contributed by atoms with E-state index in [1.54, 1.807) is 14.2 Å². The van der Waals surface area contributed by atoms with Crippen molar-refractivity contribution in [1.82, 2.24) is 0 Å². The maximum absolute atomic E-state index is 12.1. The van der Waals surface area contributed by atoms with Crippen LogP contribution < -0.4 is 14.0 Å². The molecule has 0 saturated heterocycles. The van der Waals surface area contributed by atoms with Crippen molar-refractivity contribution in [2.24, 2.45) is 0 Å². The molecule has 0 fully saturated rings. The lowest BCUT2D eigenvalue weighted by atomic mass is 10.0. The van der Waals surface area contributed by atoms with Crippen LogP contribution in [0.1, 0.15) is 15.9 Å². The van der Waals surface area contributed by atoms with Crippen LogP contribution >= 0.6 is 0 Å². The highest BCUT2D eigenvalue weighted by Crippen LogP contribution is 2.30. The molecule has 0 bridgehead atoms. The highest BCUT2D eigenvalue weighted by molar-refractivity contribution is 7.80. The van der Waals surface area contributed by atoms with E-state index in [0.29, 0.717) is 22.9 Å². The predicted octanol–water partition coefficient (Wildman–Crippen LogP) is 3.46. The molecule has 0 aliphatic heterocycles. The van der Waals surface area contributed by atoms with E-state index < -0.39 is 16.5 Å². The second-order valence-corrected chi connectivity index (χ2v) is 7.62. The summed E-state index contributed by atoms with van der Waals surface area (Å²) in [6.45, 7) is 0.480. The minimum Gasteiger partial charge on any atom is -0.722 e. The van der Waals surface area contributed by atoms with Crippen LogP contribution in [-0.4, -0.2) is 38.3 Å². The molecule has 4 rings (SSSR count). The Hall–Kier alpha value is -3.76. The van der Waals surface area contributed by atoms with Crippen LogP contribution in [-0.2, 0) is 17.0 Å². The second-order valence-electron chi connectivity index (χ2n) is 6.83. The predicted molar refractivity (Wildman–Crippen MR) is 118 cm³/mol. The number of aromatic carboxylic acids is 1. The molecule has 3 aromatic carbocycles. The van der Waals surface area contributed by atoms with Gasteiger partial charge in [-0.05, 0) is 24.3 Å². The Balaban J connectivity index is 0.000000555. The molecule has 4 aromatic rings. The Morgan fingerprint density at radius 2 is 1.33 bits per heavy atom.